The number of aliphatic hydroxyl groups excluding tert-OH is 2. The fourth-order valence-electron chi connectivity index (χ4n) is 3.90. The Kier molecular flexibility index (Phi) is 8.14. The van der Waals surface area contributed by atoms with Crippen molar-refractivity contribution in [2.24, 2.45) is 11.8 Å². The second-order valence-electron chi connectivity index (χ2n) is 7.60. The molecular weight excluding hydrogens is 436 g/mol. The lowest BCUT2D eigenvalue weighted by atomic mass is 9.88. The van der Waals surface area contributed by atoms with Gasteiger partial charge in [-0.15, -0.1) is 0 Å². The number of carboxylic acids is 1. The summed E-state index contributed by atoms with van der Waals surface area (Å²) in [7, 11) is 0. The van der Waals surface area contributed by atoms with Crippen molar-refractivity contribution < 1.29 is 34.4 Å². The highest BCUT2D eigenvalue weighted by atomic mass is 35.5. The molecule has 0 aromatic heterocycles. The molecular formula is C24H25ClO7. The number of halogens is 1. The minimum absolute atomic E-state index is 0.00404. The third-order valence-corrected chi connectivity index (χ3v) is 5.82. The van der Waals surface area contributed by atoms with E-state index in [0.717, 1.165) is 0 Å². The van der Waals surface area contributed by atoms with E-state index < -0.39 is 42.4 Å². The van der Waals surface area contributed by atoms with E-state index in [4.69, 9.17) is 21.1 Å². The van der Waals surface area contributed by atoms with Gasteiger partial charge in [-0.05, 0) is 24.3 Å². The van der Waals surface area contributed by atoms with Gasteiger partial charge in [0.15, 0.2) is 0 Å². The zero-order chi connectivity index (χ0) is 23.1. The number of aliphatic carboxylic acids is 1. The number of hydrogen-bond acceptors (Lipinski definition) is 6. The highest BCUT2D eigenvalue weighted by Crippen LogP contribution is 2.42. The van der Waals surface area contributed by atoms with Crippen molar-refractivity contribution in [3.8, 4) is 5.75 Å². The molecule has 0 spiro atoms. The zero-order valence-electron chi connectivity index (χ0n) is 17.3. The number of hydrogen-bond donors (Lipinski definition) is 3. The number of rotatable bonds is 9. The molecule has 1 aliphatic carbocycles. The van der Waals surface area contributed by atoms with Gasteiger partial charge in [0.2, 0.25) is 0 Å². The van der Waals surface area contributed by atoms with Crippen LogP contribution in [0.4, 0.5) is 0 Å². The lowest BCUT2D eigenvalue weighted by molar-refractivity contribution is -0.139. The number of carbonyl (C=O) groups excluding carboxylic acids is 1. The average Bonchev–Trinajstić information content (AvgIpc) is 3.08. The molecule has 7 nitrogen and oxygen atoms in total. The molecule has 0 amide bonds. The van der Waals surface area contributed by atoms with Gasteiger partial charge in [0.05, 0.1) is 35.6 Å². The summed E-state index contributed by atoms with van der Waals surface area (Å²) >= 11 is 6.33. The standard InChI is InChI=1S/C24H25ClO7/c25-18(11-12-31-16-9-5-2-6-10-16)23(29)22-17(13-21(27)28)19(26)14-20(22)32-24(30)15-7-3-1-4-8-15/h1-10,17,19-20,22,26,29H,11-14H2,(H,27,28)/t17-,19-,20-,22+/m1/s1. The summed E-state index contributed by atoms with van der Waals surface area (Å²) < 4.78 is 11.2. The second kappa shape index (κ2) is 11.0. The lowest BCUT2D eigenvalue weighted by Gasteiger charge is -2.25. The van der Waals surface area contributed by atoms with E-state index in [-0.39, 0.29) is 30.2 Å². The Balaban J connectivity index is 1.76. The molecule has 0 bridgehead atoms. The van der Waals surface area contributed by atoms with Gasteiger partial charge in [-0.1, -0.05) is 48.0 Å². The number of benzene rings is 2. The van der Waals surface area contributed by atoms with Gasteiger partial charge in [0.1, 0.15) is 17.6 Å². The van der Waals surface area contributed by atoms with E-state index in [9.17, 15) is 24.9 Å². The number of aliphatic hydroxyl groups is 2. The van der Waals surface area contributed by atoms with E-state index in [1.54, 1.807) is 42.5 Å². The monoisotopic (exact) mass is 460 g/mol. The number of ether oxygens (including phenoxy) is 2. The molecule has 0 saturated heterocycles. The van der Waals surface area contributed by atoms with Crippen LogP contribution in [0.2, 0.25) is 0 Å². The zero-order valence-corrected chi connectivity index (χ0v) is 18.0. The first-order valence-corrected chi connectivity index (χ1v) is 10.7. The normalized spacial score (nSPS) is 23.3. The van der Waals surface area contributed by atoms with Gasteiger partial charge in [-0.2, -0.15) is 0 Å². The van der Waals surface area contributed by atoms with E-state index in [0.29, 0.717) is 11.3 Å². The van der Waals surface area contributed by atoms with Crippen LogP contribution in [0.25, 0.3) is 0 Å². The van der Waals surface area contributed by atoms with Gasteiger partial charge < -0.3 is 24.8 Å². The van der Waals surface area contributed by atoms with Crippen LogP contribution < -0.4 is 4.74 Å². The van der Waals surface area contributed by atoms with Gasteiger partial charge in [0.25, 0.3) is 0 Å². The first-order valence-electron chi connectivity index (χ1n) is 10.3. The van der Waals surface area contributed by atoms with Crippen molar-refractivity contribution in [1.29, 1.82) is 0 Å². The van der Waals surface area contributed by atoms with E-state index in [1.807, 2.05) is 18.2 Å². The van der Waals surface area contributed by atoms with Crippen LogP contribution in [0.1, 0.15) is 29.6 Å². The van der Waals surface area contributed by atoms with Crippen molar-refractivity contribution in [2.45, 2.75) is 31.5 Å². The molecule has 1 fully saturated rings. The van der Waals surface area contributed by atoms with Gasteiger partial charge in [-0.3, -0.25) is 4.79 Å². The molecule has 32 heavy (non-hydrogen) atoms. The maximum Gasteiger partial charge on any atom is 0.338 e. The molecule has 0 aliphatic heterocycles. The van der Waals surface area contributed by atoms with Crippen LogP contribution in [0.3, 0.4) is 0 Å². The molecule has 0 heterocycles. The van der Waals surface area contributed by atoms with Crippen LogP contribution in [0, 0.1) is 11.8 Å². The smallest absolute Gasteiger partial charge is 0.338 e. The summed E-state index contributed by atoms with van der Waals surface area (Å²) in [6.07, 6.45) is -2.24. The number of carbonyl (C=O) groups is 2. The van der Waals surface area contributed by atoms with Crippen molar-refractivity contribution in [3.05, 3.63) is 77.0 Å². The van der Waals surface area contributed by atoms with Crippen molar-refractivity contribution in [3.63, 3.8) is 0 Å². The molecule has 1 saturated carbocycles. The van der Waals surface area contributed by atoms with Gasteiger partial charge >= 0.3 is 11.9 Å². The van der Waals surface area contributed by atoms with E-state index >= 15 is 0 Å². The molecule has 0 unspecified atom stereocenters. The average molecular weight is 461 g/mol. The summed E-state index contributed by atoms with van der Waals surface area (Å²) in [4.78, 5) is 23.9. The number of para-hydroxylation sites is 1. The summed E-state index contributed by atoms with van der Waals surface area (Å²) in [6.45, 7) is 0.181. The lowest BCUT2D eigenvalue weighted by Crippen LogP contribution is -2.29. The number of carboxylic acid groups (broad SMARTS) is 1. The Morgan fingerprint density at radius 2 is 1.62 bits per heavy atom. The Bertz CT molecular complexity index is 945. The first-order chi connectivity index (χ1) is 15.4. The van der Waals surface area contributed by atoms with Crippen LogP contribution in [-0.4, -0.2) is 46.1 Å². The second-order valence-corrected chi connectivity index (χ2v) is 8.06. The summed E-state index contributed by atoms with van der Waals surface area (Å²) in [5.74, 6) is -3.21. The third-order valence-electron chi connectivity index (χ3n) is 5.44. The minimum atomic E-state index is -1.13. The SMILES string of the molecule is O=C(O)C[C@H]1[C@H](C(O)=C(Cl)CCOc2ccccc2)[C@H](OC(=O)c2ccccc2)C[C@H]1O. The highest BCUT2D eigenvalue weighted by Gasteiger charge is 2.48. The molecule has 2 aromatic rings. The fourth-order valence-corrected chi connectivity index (χ4v) is 4.11. The summed E-state index contributed by atoms with van der Waals surface area (Å²) in [6, 6.07) is 17.4. The molecule has 0 radical (unpaired) electrons. The Labute approximate surface area is 190 Å². The van der Waals surface area contributed by atoms with Crippen LogP contribution in [-0.2, 0) is 9.53 Å². The quantitative estimate of drug-likeness (QED) is 0.380. The Morgan fingerprint density at radius 3 is 2.25 bits per heavy atom. The third kappa shape index (κ3) is 6.02. The molecule has 1 aliphatic rings. The van der Waals surface area contributed by atoms with E-state index in [2.05, 4.69) is 0 Å². The molecule has 4 atom stereocenters. The van der Waals surface area contributed by atoms with Crippen LogP contribution in [0.5, 0.6) is 5.75 Å². The molecule has 170 valence electrons. The minimum Gasteiger partial charge on any atom is -0.511 e. The van der Waals surface area contributed by atoms with Crippen LogP contribution >= 0.6 is 11.6 Å². The maximum absolute atomic E-state index is 12.5. The predicted octanol–water partition coefficient (Wildman–Crippen LogP) is 4.16. The largest absolute Gasteiger partial charge is 0.511 e. The van der Waals surface area contributed by atoms with Gasteiger partial charge in [-0.25, -0.2) is 4.79 Å². The van der Waals surface area contributed by atoms with Crippen molar-refractivity contribution in [2.75, 3.05) is 6.61 Å². The van der Waals surface area contributed by atoms with Crippen molar-refractivity contribution >= 4 is 23.5 Å². The maximum atomic E-state index is 12.5. The topological polar surface area (TPSA) is 113 Å². The molecule has 3 N–H and O–H groups in total. The highest BCUT2D eigenvalue weighted by molar-refractivity contribution is 6.29. The fraction of sp³-hybridized carbons (Fsp3) is 0.333. The molecule has 8 heteroatoms. The molecule has 3 rings (SSSR count). The van der Waals surface area contributed by atoms with Crippen molar-refractivity contribution in [1.82, 2.24) is 0 Å². The van der Waals surface area contributed by atoms with E-state index in [1.165, 1.54) is 0 Å². The Hall–Kier alpha value is -3.03. The molecule has 2 aromatic carbocycles. The van der Waals surface area contributed by atoms with Crippen LogP contribution in [0.15, 0.2) is 71.5 Å². The summed E-state index contributed by atoms with van der Waals surface area (Å²) in [5.41, 5.74) is 0.313. The van der Waals surface area contributed by atoms with Gasteiger partial charge in [0, 0.05) is 18.8 Å². The summed E-state index contributed by atoms with van der Waals surface area (Å²) in [5, 5.41) is 30.7. The first kappa shape index (κ1) is 23.6. The predicted molar refractivity (Wildman–Crippen MR) is 118 cm³/mol. The number of esters is 1. The Morgan fingerprint density at radius 1 is 1.00 bits per heavy atom.